The van der Waals surface area contributed by atoms with Crippen molar-refractivity contribution in [1.29, 1.82) is 5.26 Å². The summed E-state index contributed by atoms with van der Waals surface area (Å²) in [5.41, 5.74) is 0.564. The molecule has 0 saturated carbocycles. The van der Waals surface area contributed by atoms with Gasteiger partial charge in [0.05, 0.1) is 11.6 Å². The fourth-order valence-electron chi connectivity index (χ4n) is 1.23. The van der Waals surface area contributed by atoms with Gasteiger partial charge in [-0.15, -0.1) is 5.10 Å². The van der Waals surface area contributed by atoms with Gasteiger partial charge >= 0.3 is 0 Å². The molecule has 0 saturated heterocycles. The van der Waals surface area contributed by atoms with Gasteiger partial charge in [0, 0.05) is 0 Å². The maximum Gasteiger partial charge on any atom is 0.184 e. The first-order valence-electron chi connectivity index (χ1n) is 4.36. The molecule has 74 valence electrons. The molecule has 1 N–H and O–H groups in total. The normalized spacial score (nSPS) is 9.80. The summed E-state index contributed by atoms with van der Waals surface area (Å²) < 4.78 is 1.42. The summed E-state index contributed by atoms with van der Waals surface area (Å²) in [5, 5.41) is 22.1. The van der Waals surface area contributed by atoms with E-state index in [1.807, 2.05) is 6.07 Å². The predicted molar refractivity (Wildman–Crippen MR) is 52.7 cm³/mol. The highest BCUT2D eigenvalue weighted by atomic mass is 16.3. The third kappa shape index (κ3) is 1.79. The second kappa shape index (κ2) is 3.80. The standard InChI is InChI=1S/C10H8N4O/c11-5-6-14-7-12-10(13-14)8-3-1-2-4-9(8)15/h1-4,7,15H,6H2. The van der Waals surface area contributed by atoms with Crippen LogP contribution in [0.1, 0.15) is 0 Å². The van der Waals surface area contributed by atoms with Crippen LogP contribution >= 0.6 is 0 Å². The van der Waals surface area contributed by atoms with Crippen LogP contribution in [0, 0.1) is 11.3 Å². The van der Waals surface area contributed by atoms with Crippen LogP contribution in [0.2, 0.25) is 0 Å². The van der Waals surface area contributed by atoms with Crippen molar-refractivity contribution in [2.45, 2.75) is 6.54 Å². The Morgan fingerprint density at radius 2 is 2.20 bits per heavy atom. The summed E-state index contributed by atoms with van der Waals surface area (Å²) in [6, 6.07) is 8.77. The molecule has 2 rings (SSSR count). The molecule has 0 amide bonds. The molecule has 0 spiro atoms. The predicted octanol–water partition coefficient (Wildman–Crippen LogP) is 1.17. The van der Waals surface area contributed by atoms with Gasteiger partial charge in [-0.2, -0.15) is 5.26 Å². The summed E-state index contributed by atoms with van der Waals surface area (Å²) in [6.07, 6.45) is 1.46. The largest absolute Gasteiger partial charge is 0.507 e. The van der Waals surface area contributed by atoms with E-state index in [2.05, 4.69) is 10.1 Å². The van der Waals surface area contributed by atoms with Crippen LogP contribution in [0.3, 0.4) is 0 Å². The molecule has 2 aromatic rings. The smallest absolute Gasteiger partial charge is 0.184 e. The van der Waals surface area contributed by atoms with E-state index in [0.717, 1.165) is 0 Å². The Morgan fingerprint density at radius 3 is 2.93 bits per heavy atom. The van der Waals surface area contributed by atoms with E-state index >= 15 is 0 Å². The molecule has 0 atom stereocenters. The Bertz CT molecular complexity index is 512. The lowest BCUT2D eigenvalue weighted by molar-refractivity contribution is 0.477. The minimum Gasteiger partial charge on any atom is -0.507 e. The van der Waals surface area contributed by atoms with E-state index in [1.165, 1.54) is 11.0 Å². The maximum atomic E-state index is 9.55. The number of aromatic hydroxyl groups is 1. The van der Waals surface area contributed by atoms with Gasteiger partial charge in [0.2, 0.25) is 0 Å². The van der Waals surface area contributed by atoms with Gasteiger partial charge in [-0.3, -0.25) is 0 Å². The highest BCUT2D eigenvalue weighted by Gasteiger charge is 2.07. The van der Waals surface area contributed by atoms with Crippen LogP contribution in [0.4, 0.5) is 0 Å². The maximum absolute atomic E-state index is 9.55. The molecule has 0 radical (unpaired) electrons. The Hall–Kier alpha value is -2.35. The first kappa shape index (κ1) is 9.21. The molecule has 0 aliphatic rings. The highest BCUT2D eigenvalue weighted by molar-refractivity contribution is 5.62. The van der Waals surface area contributed by atoms with Crippen molar-refractivity contribution in [2.75, 3.05) is 0 Å². The third-order valence-electron chi connectivity index (χ3n) is 1.91. The average molecular weight is 200 g/mol. The summed E-state index contributed by atoms with van der Waals surface area (Å²) in [5.74, 6) is 0.551. The number of para-hydroxylation sites is 1. The van der Waals surface area contributed by atoms with Crippen LogP contribution < -0.4 is 0 Å². The summed E-state index contributed by atoms with van der Waals surface area (Å²) >= 11 is 0. The molecule has 15 heavy (non-hydrogen) atoms. The van der Waals surface area contributed by atoms with Gasteiger partial charge in [0.15, 0.2) is 5.82 Å². The number of phenols is 1. The molecule has 5 heteroatoms. The molecule has 1 aromatic carbocycles. The lowest BCUT2D eigenvalue weighted by atomic mass is 10.2. The molecular weight excluding hydrogens is 192 g/mol. The van der Waals surface area contributed by atoms with Crippen molar-refractivity contribution in [3.63, 3.8) is 0 Å². The van der Waals surface area contributed by atoms with Crippen molar-refractivity contribution in [1.82, 2.24) is 14.8 Å². The first-order valence-corrected chi connectivity index (χ1v) is 4.36. The van der Waals surface area contributed by atoms with Crippen molar-refractivity contribution in [2.24, 2.45) is 0 Å². The Morgan fingerprint density at radius 1 is 1.40 bits per heavy atom. The fraction of sp³-hybridized carbons (Fsp3) is 0.100. The number of hydrogen-bond donors (Lipinski definition) is 1. The van der Waals surface area contributed by atoms with Gasteiger partial charge in [0.1, 0.15) is 18.6 Å². The number of rotatable bonds is 2. The summed E-state index contributed by atoms with van der Waals surface area (Å²) in [6.45, 7) is 0.153. The zero-order valence-corrected chi connectivity index (χ0v) is 7.83. The van der Waals surface area contributed by atoms with E-state index in [1.54, 1.807) is 24.3 Å². The Balaban J connectivity index is 2.38. The molecule has 0 fully saturated rings. The van der Waals surface area contributed by atoms with E-state index in [0.29, 0.717) is 11.4 Å². The van der Waals surface area contributed by atoms with Crippen molar-refractivity contribution in [3.05, 3.63) is 30.6 Å². The van der Waals surface area contributed by atoms with E-state index < -0.39 is 0 Å². The molecule has 0 bridgehead atoms. The zero-order chi connectivity index (χ0) is 10.7. The molecule has 0 aliphatic carbocycles. The third-order valence-corrected chi connectivity index (χ3v) is 1.91. The van der Waals surface area contributed by atoms with Crippen LogP contribution in [0.25, 0.3) is 11.4 Å². The Labute approximate surface area is 86.2 Å². The molecular formula is C10H8N4O. The number of nitrogens with zero attached hydrogens (tertiary/aromatic N) is 4. The minimum atomic E-state index is 0.132. The van der Waals surface area contributed by atoms with Gasteiger partial charge in [-0.25, -0.2) is 9.67 Å². The second-order valence-corrected chi connectivity index (χ2v) is 2.94. The first-order chi connectivity index (χ1) is 7.31. The number of hydrogen-bond acceptors (Lipinski definition) is 4. The van der Waals surface area contributed by atoms with E-state index in [-0.39, 0.29) is 12.3 Å². The number of phenolic OH excluding ortho intramolecular Hbond substituents is 1. The van der Waals surface area contributed by atoms with E-state index in [9.17, 15) is 5.11 Å². The average Bonchev–Trinajstić information content (AvgIpc) is 2.68. The summed E-state index contributed by atoms with van der Waals surface area (Å²) in [7, 11) is 0. The van der Waals surface area contributed by atoms with Crippen molar-refractivity contribution < 1.29 is 5.11 Å². The number of aromatic nitrogens is 3. The summed E-state index contributed by atoms with van der Waals surface area (Å²) in [4.78, 5) is 4.01. The number of benzene rings is 1. The van der Waals surface area contributed by atoms with Gasteiger partial charge in [-0.1, -0.05) is 12.1 Å². The molecule has 1 heterocycles. The van der Waals surface area contributed by atoms with Crippen LogP contribution in [-0.2, 0) is 6.54 Å². The monoisotopic (exact) mass is 200 g/mol. The Kier molecular flexibility index (Phi) is 2.33. The second-order valence-electron chi connectivity index (χ2n) is 2.94. The molecule has 1 aromatic heterocycles. The van der Waals surface area contributed by atoms with Gasteiger partial charge in [-0.05, 0) is 12.1 Å². The lowest BCUT2D eigenvalue weighted by Crippen LogP contribution is -1.95. The lowest BCUT2D eigenvalue weighted by Gasteiger charge is -1.97. The zero-order valence-electron chi connectivity index (χ0n) is 7.83. The van der Waals surface area contributed by atoms with Crippen molar-refractivity contribution in [3.8, 4) is 23.2 Å². The van der Waals surface area contributed by atoms with Gasteiger partial charge in [0.25, 0.3) is 0 Å². The topological polar surface area (TPSA) is 74.7 Å². The molecule has 0 unspecified atom stereocenters. The van der Waals surface area contributed by atoms with Crippen LogP contribution in [0.15, 0.2) is 30.6 Å². The quantitative estimate of drug-likeness (QED) is 0.789. The highest BCUT2D eigenvalue weighted by Crippen LogP contribution is 2.24. The van der Waals surface area contributed by atoms with Crippen LogP contribution in [0.5, 0.6) is 5.75 Å². The fourth-order valence-corrected chi connectivity index (χ4v) is 1.23. The number of nitriles is 1. The SMILES string of the molecule is N#CCn1cnc(-c2ccccc2O)n1. The minimum absolute atomic E-state index is 0.132. The van der Waals surface area contributed by atoms with Crippen LogP contribution in [-0.4, -0.2) is 19.9 Å². The van der Waals surface area contributed by atoms with Crippen molar-refractivity contribution >= 4 is 0 Å². The van der Waals surface area contributed by atoms with Gasteiger partial charge < -0.3 is 5.11 Å². The molecule has 5 nitrogen and oxygen atoms in total. The van der Waals surface area contributed by atoms with E-state index in [4.69, 9.17) is 5.26 Å². The molecule has 0 aliphatic heterocycles.